The van der Waals surface area contributed by atoms with E-state index in [0.717, 1.165) is 22.6 Å². The Hall–Kier alpha value is 0.0795. The minimum absolute atomic E-state index is 0. The molecule has 2 heterocycles. The van der Waals surface area contributed by atoms with E-state index >= 15 is 0 Å². The van der Waals surface area contributed by atoms with Crippen molar-refractivity contribution >= 4 is 26.5 Å². The van der Waals surface area contributed by atoms with Gasteiger partial charge in [-0.15, -0.1) is 10.6 Å². The zero-order valence-electron chi connectivity index (χ0n) is 17.4. The SMILES string of the molecule is CC[C@H]1C[C@H](CC)P1c1ccc[cH-]1.CC[C@H]1C[C@H](CC)P1c1ccc[cH-]1.[Fe+2]. The Bertz CT molecular complexity index is 543. The topological polar surface area (TPSA) is 0 Å². The van der Waals surface area contributed by atoms with Gasteiger partial charge in [-0.2, -0.15) is 24.3 Å². The zero-order chi connectivity index (χ0) is 18.5. The standard InChI is InChI=1S/2C12H18P.Fe/c2*1-3-10-9-11(4-2)13(10)12-7-5-6-8-12;/h2*5-8,10-11H,3-4,9H2,1-2H3;/q2*-1;+2/t2*10-,11-;/m00./s1. The van der Waals surface area contributed by atoms with E-state index in [9.17, 15) is 0 Å². The van der Waals surface area contributed by atoms with Crippen LogP contribution >= 0.6 is 15.8 Å². The molecular formula is C24H36FeP2. The molecule has 0 aromatic heterocycles. The van der Waals surface area contributed by atoms with Crippen molar-refractivity contribution in [3.05, 3.63) is 48.5 Å². The normalized spacial score (nSPS) is 27.7. The maximum Gasteiger partial charge on any atom is 2.00 e. The molecule has 0 unspecified atom stereocenters. The maximum absolute atomic E-state index is 2.34. The summed E-state index contributed by atoms with van der Waals surface area (Å²) < 4.78 is 0. The summed E-state index contributed by atoms with van der Waals surface area (Å²) in [6, 6.07) is 18.1. The molecule has 0 N–H and O–H groups in total. The summed E-state index contributed by atoms with van der Waals surface area (Å²) in [5, 5.41) is 3.31. The summed E-state index contributed by atoms with van der Waals surface area (Å²) in [6.45, 7) is 9.37. The van der Waals surface area contributed by atoms with Crippen LogP contribution in [0.15, 0.2) is 48.5 Å². The molecule has 2 fully saturated rings. The van der Waals surface area contributed by atoms with Crippen molar-refractivity contribution in [2.75, 3.05) is 0 Å². The molecule has 2 saturated heterocycles. The van der Waals surface area contributed by atoms with Crippen molar-refractivity contribution in [3.8, 4) is 0 Å². The first kappa shape index (κ1) is 23.4. The molecule has 0 spiro atoms. The van der Waals surface area contributed by atoms with Crippen LogP contribution in [0.5, 0.6) is 0 Å². The van der Waals surface area contributed by atoms with Crippen LogP contribution in [0.25, 0.3) is 0 Å². The molecule has 150 valence electrons. The van der Waals surface area contributed by atoms with E-state index in [-0.39, 0.29) is 32.9 Å². The second kappa shape index (κ2) is 11.3. The maximum atomic E-state index is 2.34. The fourth-order valence-corrected chi connectivity index (χ4v) is 11.4. The van der Waals surface area contributed by atoms with Crippen LogP contribution in [0.3, 0.4) is 0 Å². The molecule has 4 rings (SSSR count). The van der Waals surface area contributed by atoms with Crippen molar-refractivity contribution < 1.29 is 17.1 Å². The molecule has 27 heavy (non-hydrogen) atoms. The van der Waals surface area contributed by atoms with Gasteiger partial charge in [0, 0.05) is 0 Å². The van der Waals surface area contributed by atoms with Crippen LogP contribution in [-0.4, -0.2) is 22.6 Å². The van der Waals surface area contributed by atoms with Crippen molar-refractivity contribution in [1.82, 2.24) is 0 Å². The molecule has 2 aromatic rings. The summed E-state index contributed by atoms with van der Waals surface area (Å²) in [5.41, 5.74) is 4.12. The molecule has 0 amide bonds. The van der Waals surface area contributed by atoms with Crippen LogP contribution in [0.2, 0.25) is 0 Å². The Morgan fingerprint density at radius 3 is 1.26 bits per heavy atom. The predicted molar refractivity (Wildman–Crippen MR) is 123 cm³/mol. The third kappa shape index (κ3) is 5.17. The summed E-state index contributed by atoms with van der Waals surface area (Å²) in [5.74, 6) is 0. The molecule has 2 aromatic carbocycles. The van der Waals surface area contributed by atoms with Crippen molar-refractivity contribution in [3.63, 3.8) is 0 Å². The fraction of sp³-hybridized carbons (Fsp3) is 0.583. The minimum atomic E-state index is 0. The molecule has 4 atom stereocenters. The van der Waals surface area contributed by atoms with Gasteiger partial charge in [0.1, 0.15) is 0 Å². The first-order valence-corrected chi connectivity index (χ1v) is 13.7. The largest absolute Gasteiger partial charge is 2.00 e. The average molecular weight is 442 g/mol. The fourth-order valence-electron chi connectivity index (χ4n) is 4.77. The Balaban J connectivity index is 0.000000187. The third-order valence-electron chi connectivity index (χ3n) is 6.43. The van der Waals surface area contributed by atoms with Gasteiger partial charge in [0.2, 0.25) is 0 Å². The Morgan fingerprint density at radius 2 is 1.04 bits per heavy atom. The number of rotatable bonds is 6. The second-order valence-corrected chi connectivity index (χ2v) is 13.4. The molecule has 2 aliphatic rings. The van der Waals surface area contributed by atoms with Crippen LogP contribution in [0.1, 0.15) is 66.2 Å². The average Bonchev–Trinajstić information content (AvgIpc) is 3.30. The molecule has 0 radical (unpaired) electrons. The third-order valence-corrected chi connectivity index (χ3v) is 13.7. The van der Waals surface area contributed by atoms with Crippen LogP contribution in [0, 0.1) is 0 Å². The number of hydrogen-bond donors (Lipinski definition) is 0. The van der Waals surface area contributed by atoms with Crippen molar-refractivity contribution in [2.45, 2.75) is 88.9 Å². The summed E-state index contributed by atoms with van der Waals surface area (Å²) in [4.78, 5) is 0. The first-order valence-electron chi connectivity index (χ1n) is 10.7. The van der Waals surface area contributed by atoms with Gasteiger partial charge >= 0.3 is 17.1 Å². The Labute approximate surface area is 180 Å². The predicted octanol–water partition coefficient (Wildman–Crippen LogP) is 6.94. The van der Waals surface area contributed by atoms with Gasteiger partial charge in [-0.05, 0) is 61.2 Å². The quantitative estimate of drug-likeness (QED) is 0.258. The molecule has 0 saturated carbocycles. The van der Waals surface area contributed by atoms with E-state index in [1.165, 1.54) is 38.5 Å². The van der Waals surface area contributed by atoms with Gasteiger partial charge in [0.15, 0.2) is 0 Å². The van der Waals surface area contributed by atoms with Gasteiger partial charge in [0.25, 0.3) is 0 Å². The van der Waals surface area contributed by atoms with E-state index in [4.69, 9.17) is 0 Å². The van der Waals surface area contributed by atoms with Gasteiger partial charge in [0.05, 0.1) is 0 Å². The summed E-state index contributed by atoms with van der Waals surface area (Å²) >= 11 is 0. The van der Waals surface area contributed by atoms with Gasteiger partial charge < -0.3 is 0 Å². The number of hydrogen-bond acceptors (Lipinski definition) is 0. The van der Waals surface area contributed by atoms with E-state index in [2.05, 4.69) is 76.2 Å². The molecular weight excluding hydrogens is 406 g/mol. The Kier molecular flexibility index (Phi) is 9.79. The van der Waals surface area contributed by atoms with Crippen LogP contribution < -0.4 is 10.6 Å². The van der Waals surface area contributed by atoms with E-state index in [1.807, 2.05) is 0 Å². The van der Waals surface area contributed by atoms with Gasteiger partial charge in [-0.25, -0.2) is 24.3 Å². The zero-order valence-corrected chi connectivity index (χ0v) is 20.3. The van der Waals surface area contributed by atoms with Crippen molar-refractivity contribution in [2.24, 2.45) is 0 Å². The minimum Gasteiger partial charge on any atom is -0.213 e. The molecule has 0 bridgehead atoms. The molecule has 0 nitrogen and oxygen atoms in total. The first-order chi connectivity index (χ1) is 12.7. The van der Waals surface area contributed by atoms with Crippen molar-refractivity contribution in [1.29, 1.82) is 0 Å². The van der Waals surface area contributed by atoms with Crippen LogP contribution in [-0.2, 0) is 17.1 Å². The smallest absolute Gasteiger partial charge is 0.213 e. The van der Waals surface area contributed by atoms with E-state index in [0.29, 0.717) is 0 Å². The molecule has 3 heteroatoms. The summed E-state index contributed by atoms with van der Waals surface area (Å²) in [6.07, 6.45) is 8.51. The Morgan fingerprint density at radius 1 is 0.704 bits per heavy atom. The van der Waals surface area contributed by atoms with Gasteiger partial charge in [-0.3, -0.25) is 0 Å². The monoisotopic (exact) mass is 442 g/mol. The molecule has 0 aliphatic carbocycles. The van der Waals surface area contributed by atoms with E-state index in [1.54, 1.807) is 10.6 Å². The second-order valence-electron chi connectivity index (χ2n) is 7.82. The van der Waals surface area contributed by atoms with Gasteiger partial charge in [-0.1, -0.05) is 43.5 Å². The van der Waals surface area contributed by atoms with E-state index < -0.39 is 0 Å². The summed E-state index contributed by atoms with van der Waals surface area (Å²) in [7, 11) is 0.434. The molecule has 2 aliphatic heterocycles. The van der Waals surface area contributed by atoms with Crippen LogP contribution in [0.4, 0.5) is 0 Å².